The average Bonchev–Trinajstić information content (AvgIpc) is 2.81. The molecule has 5 nitrogen and oxygen atoms in total. The quantitative estimate of drug-likeness (QED) is 0.639. The normalized spacial score (nSPS) is 11.8. The maximum absolute atomic E-state index is 12.5. The molecule has 0 aliphatic carbocycles. The second kappa shape index (κ2) is 5.99. The zero-order valence-electron chi connectivity index (χ0n) is 15.5. The fraction of sp³-hybridized carbons (Fsp3) is 0.350. The van der Waals surface area contributed by atoms with Crippen LogP contribution >= 0.6 is 0 Å². The van der Waals surface area contributed by atoms with Gasteiger partial charge in [0.25, 0.3) is 0 Å². The smallest absolute Gasteiger partial charge is 0.419 e. The highest BCUT2D eigenvalue weighted by Crippen LogP contribution is 2.27. The van der Waals surface area contributed by atoms with E-state index in [9.17, 15) is 4.79 Å². The molecular weight excluding hydrogens is 314 g/mol. The van der Waals surface area contributed by atoms with Crippen LogP contribution in [-0.2, 0) is 4.74 Å². The Morgan fingerprint density at radius 3 is 2.28 bits per heavy atom. The molecule has 5 heteroatoms. The summed E-state index contributed by atoms with van der Waals surface area (Å²) >= 11 is 0. The number of nitrogens with zero attached hydrogens (tertiary/aromatic N) is 3. The van der Waals surface area contributed by atoms with Gasteiger partial charge in [-0.05, 0) is 70.9 Å². The summed E-state index contributed by atoms with van der Waals surface area (Å²) in [6.07, 6.45) is 3.22. The molecule has 0 radical (unpaired) electrons. The van der Waals surface area contributed by atoms with E-state index in [1.54, 1.807) is 6.20 Å². The molecule has 0 aliphatic heterocycles. The van der Waals surface area contributed by atoms with Gasteiger partial charge in [-0.15, -0.1) is 0 Å². The number of ether oxygens (including phenoxy) is 1. The van der Waals surface area contributed by atoms with Crippen molar-refractivity contribution < 1.29 is 9.53 Å². The summed E-state index contributed by atoms with van der Waals surface area (Å²) < 4.78 is 7.05. The van der Waals surface area contributed by atoms with Crippen LogP contribution in [0.25, 0.3) is 22.2 Å². The van der Waals surface area contributed by atoms with E-state index in [2.05, 4.69) is 9.97 Å². The SMILES string of the molecule is Cc1cc(-c2cnc3c(C)cn(C(=O)OC(C)(C)C)c3c2)cc(C)n1. The number of rotatable bonds is 1. The Hall–Kier alpha value is -2.69. The number of fused-ring (bicyclic) bond motifs is 1. The van der Waals surface area contributed by atoms with Crippen molar-refractivity contribution in [3.05, 3.63) is 47.5 Å². The van der Waals surface area contributed by atoms with E-state index >= 15 is 0 Å². The van der Waals surface area contributed by atoms with E-state index in [1.807, 2.05) is 65.9 Å². The summed E-state index contributed by atoms with van der Waals surface area (Å²) in [5.74, 6) is 0. The van der Waals surface area contributed by atoms with Crippen LogP contribution in [0.4, 0.5) is 4.79 Å². The molecule has 0 bridgehead atoms. The Labute approximate surface area is 147 Å². The monoisotopic (exact) mass is 337 g/mol. The van der Waals surface area contributed by atoms with Gasteiger partial charge in [0.05, 0.1) is 11.0 Å². The Bertz CT molecular complexity index is 945. The maximum atomic E-state index is 12.5. The first-order valence-electron chi connectivity index (χ1n) is 8.31. The summed E-state index contributed by atoms with van der Waals surface area (Å²) in [5.41, 5.74) is 5.83. The third kappa shape index (κ3) is 3.55. The van der Waals surface area contributed by atoms with Gasteiger partial charge in [-0.3, -0.25) is 14.5 Å². The van der Waals surface area contributed by atoms with Crippen molar-refractivity contribution in [2.45, 2.75) is 47.1 Å². The molecule has 0 spiro atoms. The van der Waals surface area contributed by atoms with E-state index in [0.29, 0.717) is 0 Å². The standard InChI is InChI=1S/C20H23N3O2/c1-12-11-23(19(24)25-20(4,5)6)17-9-16(10-21-18(12)17)15-7-13(2)22-14(3)8-15/h7-11H,1-6H3. The summed E-state index contributed by atoms with van der Waals surface area (Å²) in [6.45, 7) is 11.4. The van der Waals surface area contributed by atoms with E-state index in [0.717, 1.165) is 39.1 Å². The fourth-order valence-electron chi connectivity index (χ4n) is 2.89. The Morgan fingerprint density at radius 1 is 1.04 bits per heavy atom. The predicted octanol–water partition coefficient (Wildman–Crippen LogP) is 4.81. The predicted molar refractivity (Wildman–Crippen MR) is 98.8 cm³/mol. The lowest BCUT2D eigenvalue weighted by Gasteiger charge is -2.19. The number of hydrogen-bond acceptors (Lipinski definition) is 4. The summed E-state index contributed by atoms with van der Waals surface area (Å²) in [4.78, 5) is 21.5. The lowest BCUT2D eigenvalue weighted by atomic mass is 10.1. The minimum atomic E-state index is -0.550. The number of carbonyl (C=O) groups is 1. The van der Waals surface area contributed by atoms with Gasteiger partial charge in [-0.1, -0.05) is 0 Å². The molecule has 130 valence electrons. The third-order valence-electron chi connectivity index (χ3n) is 3.83. The van der Waals surface area contributed by atoms with Gasteiger partial charge in [-0.2, -0.15) is 0 Å². The van der Waals surface area contributed by atoms with Gasteiger partial charge in [0.15, 0.2) is 0 Å². The van der Waals surface area contributed by atoms with Gasteiger partial charge in [0.2, 0.25) is 0 Å². The molecule has 0 saturated carbocycles. The molecule has 3 heterocycles. The molecular formula is C20H23N3O2. The molecule has 0 aromatic carbocycles. The van der Waals surface area contributed by atoms with Gasteiger partial charge in [0, 0.05) is 29.3 Å². The average molecular weight is 337 g/mol. The molecule has 0 fully saturated rings. The first kappa shape index (κ1) is 17.1. The van der Waals surface area contributed by atoms with E-state index in [4.69, 9.17) is 4.74 Å². The highest BCUT2D eigenvalue weighted by Gasteiger charge is 2.20. The molecule has 3 aromatic rings. The second-order valence-electron chi connectivity index (χ2n) is 7.39. The minimum absolute atomic E-state index is 0.397. The van der Waals surface area contributed by atoms with Crippen molar-refractivity contribution in [3.63, 3.8) is 0 Å². The van der Waals surface area contributed by atoms with Crippen LogP contribution in [0.2, 0.25) is 0 Å². The van der Waals surface area contributed by atoms with Crippen molar-refractivity contribution in [1.29, 1.82) is 0 Å². The first-order chi connectivity index (χ1) is 11.6. The van der Waals surface area contributed by atoms with Crippen LogP contribution in [0, 0.1) is 20.8 Å². The highest BCUT2D eigenvalue weighted by atomic mass is 16.6. The number of aromatic nitrogens is 3. The van der Waals surface area contributed by atoms with Gasteiger partial charge >= 0.3 is 6.09 Å². The Balaban J connectivity index is 2.13. The van der Waals surface area contributed by atoms with E-state index < -0.39 is 11.7 Å². The van der Waals surface area contributed by atoms with Gasteiger partial charge in [-0.25, -0.2) is 4.79 Å². The molecule has 3 rings (SSSR count). The largest absolute Gasteiger partial charge is 0.443 e. The zero-order chi connectivity index (χ0) is 18.4. The number of carbonyl (C=O) groups excluding carboxylic acids is 1. The maximum Gasteiger partial charge on any atom is 0.419 e. The molecule has 0 N–H and O–H groups in total. The topological polar surface area (TPSA) is 57.0 Å². The zero-order valence-corrected chi connectivity index (χ0v) is 15.5. The van der Waals surface area contributed by atoms with Crippen molar-refractivity contribution in [1.82, 2.24) is 14.5 Å². The third-order valence-corrected chi connectivity index (χ3v) is 3.83. The number of hydrogen-bond donors (Lipinski definition) is 0. The fourth-order valence-corrected chi connectivity index (χ4v) is 2.89. The molecule has 0 saturated heterocycles. The summed E-state index contributed by atoms with van der Waals surface area (Å²) in [7, 11) is 0. The van der Waals surface area contributed by atoms with Gasteiger partial charge < -0.3 is 4.74 Å². The first-order valence-corrected chi connectivity index (χ1v) is 8.31. The van der Waals surface area contributed by atoms with Gasteiger partial charge in [0.1, 0.15) is 5.60 Å². The molecule has 0 aliphatic rings. The molecule has 0 unspecified atom stereocenters. The van der Waals surface area contributed by atoms with Crippen LogP contribution < -0.4 is 0 Å². The van der Waals surface area contributed by atoms with Crippen molar-refractivity contribution in [3.8, 4) is 11.1 Å². The van der Waals surface area contributed by atoms with Crippen LogP contribution in [0.1, 0.15) is 37.7 Å². The van der Waals surface area contributed by atoms with Crippen molar-refractivity contribution >= 4 is 17.1 Å². The lowest BCUT2D eigenvalue weighted by molar-refractivity contribution is 0.0544. The van der Waals surface area contributed by atoms with Crippen LogP contribution in [0.3, 0.4) is 0 Å². The molecule has 25 heavy (non-hydrogen) atoms. The van der Waals surface area contributed by atoms with Crippen LogP contribution in [-0.4, -0.2) is 26.2 Å². The Morgan fingerprint density at radius 2 is 1.68 bits per heavy atom. The minimum Gasteiger partial charge on any atom is -0.443 e. The number of pyridine rings is 2. The summed E-state index contributed by atoms with van der Waals surface area (Å²) in [5, 5.41) is 0. The summed E-state index contributed by atoms with van der Waals surface area (Å²) in [6, 6.07) is 6.01. The second-order valence-corrected chi connectivity index (χ2v) is 7.39. The molecule has 3 aromatic heterocycles. The number of aryl methyl sites for hydroxylation is 3. The van der Waals surface area contributed by atoms with Crippen molar-refractivity contribution in [2.75, 3.05) is 0 Å². The highest BCUT2D eigenvalue weighted by molar-refractivity contribution is 5.91. The van der Waals surface area contributed by atoms with Crippen LogP contribution in [0.5, 0.6) is 0 Å². The lowest BCUT2D eigenvalue weighted by Crippen LogP contribution is -2.26. The molecule has 0 atom stereocenters. The van der Waals surface area contributed by atoms with E-state index in [1.165, 1.54) is 4.57 Å². The van der Waals surface area contributed by atoms with Crippen molar-refractivity contribution in [2.24, 2.45) is 0 Å². The Kier molecular flexibility index (Phi) is 4.11. The molecule has 0 amide bonds. The van der Waals surface area contributed by atoms with E-state index in [-0.39, 0.29) is 0 Å². The van der Waals surface area contributed by atoms with Crippen LogP contribution in [0.15, 0.2) is 30.6 Å².